The van der Waals surface area contributed by atoms with Crippen LogP contribution in [0.25, 0.3) is 0 Å². The molecule has 2 unspecified atom stereocenters. The van der Waals surface area contributed by atoms with E-state index in [2.05, 4.69) is 0 Å². The van der Waals surface area contributed by atoms with Gasteiger partial charge >= 0.3 is 6.09 Å². The van der Waals surface area contributed by atoms with Crippen LogP contribution in [0.1, 0.15) is 52.9 Å². The van der Waals surface area contributed by atoms with Gasteiger partial charge in [0.15, 0.2) is 0 Å². The molecule has 2 bridgehead atoms. The Hall–Kier alpha value is -0.770. The second-order valence-corrected chi connectivity index (χ2v) is 6.04. The van der Waals surface area contributed by atoms with Gasteiger partial charge < -0.3 is 10.5 Å². The van der Waals surface area contributed by atoms with Gasteiger partial charge in [-0.3, -0.25) is 4.90 Å². The number of carbonyl (C=O) groups excluding carboxylic acids is 1. The molecule has 16 heavy (non-hydrogen) atoms. The van der Waals surface area contributed by atoms with Crippen LogP contribution in [-0.4, -0.2) is 28.3 Å². The topological polar surface area (TPSA) is 55.6 Å². The van der Waals surface area contributed by atoms with Crippen LogP contribution in [0.3, 0.4) is 0 Å². The molecule has 0 aliphatic carbocycles. The molecular formula is C12H22N2O2. The molecule has 2 fully saturated rings. The first-order valence-electron chi connectivity index (χ1n) is 6.13. The van der Waals surface area contributed by atoms with E-state index >= 15 is 0 Å². The summed E-state index contributed by atoms with van der Waals surface area (Å²) in [5.41, 5.74) is 5.41. The van der Waals surface area contributed by atoms with Crippen molar-refractivity contribution >= 4 is 6.09 Å². The Balaban J connectivity index is 2.12. The van der Waals surface area contributed by atoms with E-state index in [4.69, 9.17) is 10.5 Å². The number of ether oxygens (including phenoxy) is 1. The summed E-state index contributed by atoms with van der Waals surface area (Å²) in [5.74, 6) is 0. The lowest BCUT2D eigenvalue weighted by Gasteiger charge is -2.42. The first kappa shape index (κ1) is 11.7. The molecule has 2 N–H and O–H groups in total. The van der Waals surface area contributed by atoms with Gasteiger partial charge in [-0.15, -0.1) is 0 Å². The number of rotatable bonds is 0. The zero-order chi connectivity index (χ0) is 12.0. The molecule has 0 aromatic carbocycles. The number of hydrogen-bond donors (Lipinski definition) is 1. The number of nitrogens with zero attached hydrogens (tertiary/aromatic N) is 1. The van der Waals surface area contributed by atoms with Gasteiger partial charge in [-0.2, -0.15) is 0 Å². The average molecular weight is 226 g/mol. The van der Waals surface area contributed by atoms with E-state index in [0.29, 0.717) is 6.04 Å². The maximum atomic E-state index is 12.1. The van der Waals surface area contributed by atoms with Crippen LogP contribution in [0.4, 0.5) is 4.79 Å². The van der Waals surface area contributed by atoms with Crippen LogP contribution in [0.2, 0.25) is 0 Å². The third kappa shape index (κ3) is 2.03. The summed E-state index contributed by atoms with van der Waals surface area (Å²) in [6.45, 7) is 5.67. The highest BCUT2D eigenvalue weighted by atomic mass is 16.6. The zero-order valence-corrected chi connectivity index (χ0v) is 10.5. The Morgan fingerprint density at radius 3 is 2.62 bits per heavy atom. The second kappa shape index (κ2) is 3.62. The molecule has 2 aliphatic rings. The Labute approximate surface area is 97.1 Å². The van der Waals surface area contributed by atoms with Gasteiger partial charge in [0.25, 0.3) is 0 Å². The van der Waals surface area contributed by atoms with Crippen molar-refractivity contribution in [3.63, 3.8) is 0 Å². The fourth-order valence-corrected chi connectivity index (χ4v) is 2.83. The molecule has 4 nitrogen and oxygen atoms in total. The van der Waals surface area contributed by atoms with Gasteiger partial charge in [-0.05, 0) is 52.9 Å². The van der Waals surface area contributed by atoms with E-state index in [0.717, 1.165) is 32.1 Å². The Bertz CT molecular complexity index is 294. The van der Waals surface area contributed by atoms with Crippen molar-refractivity contribution in [2.24, 2.45) is 5.73 Å². The predicted octanol–water partition coefficient (Wildman–Crippen LogP) is 2.22. The first-order chi connectivity index (χ1) is 7.32. The predicted molar refractivity (Wildman–Crippen MR) is 61.9 cm³/mol. The van der Waals surface area contributed by atoms with E-state index in [1.807, 2.05) is 20.8 Å². The van der Waals surface area contributed by atoms with E-state index in [1.54, 1.807) is 4.90 Å². The summed E-state index contributed by atoms with van der Waals surface area (Å²) in [4.78, 5) is 13.9. The number of nitrogens with two attached hydrogens (primary N) is 1. The summed E-state index contributed by atoms with van der Waals surface area (Å²) in [6.07, 6.45) is 4.80. The molecule has 1 amide bonds. The minimum absolute atomic E-state index is 0.239. The number of carbonyl (C=O) groups is 1. The Kier molecular flexibility index (Phi) is 2.65. The van der Waals surface area contributed by atoms with E-state index in [-0.39, 0.29) is 6.09 Å². The van der Waals surface area contributed by atoms with Gasteiger partial charge in [-0.1, -0.05) is 0 Å². The highest BCUT2D eigenvalue weighted by Crippen LogP contribution is 2.41. The fourth-order valence-electron chi connectivity index (χ4n) is 2.83. The Morgan fingerprint density at radius 1 is 1.38 bits per heavy atom. The maximum absolute atomic E-state index is 12.1. The van der Waals surface area contributed by atoms with Crippen molar-refractivity contribution in [3.05, 3.63) is 0 Å². The lowest BCUT2D eigenvalue weighted by molar-refractivity contribution is -0.0130. The lowest BCUT2D eigenvalue weighted by atomic mass is 9.98. The summed E-state index contributed by atoms with van der Waals surface area (Å²) in [5, 5.41) is 0. The van der Waals surface area contributed by atoms with Crippen molar-refractivity contribution in [2.45, 2.75) is 70.2 Å². The van der Waals surface area contributed by atoms with E-state index in [1.165, 1.54) is 0 Å². The van der Waals surface area contributed by atoms with Crippen LogP contribution in [-0.2, 0) is 4.74 Å². The first-order valence-corrected chi connectivity index (χ1v) is 6.13. The van der Waals surface area contributed by atoms with Crippen molar-refractivity contribution < 1.29 is 9.53 Å². The largest absolute Gasteiger partial charge is 0.444 e. The third-order valence-electron chi connectivity index (χ3n) is 3.49. The normalized spacial score (nSPS) is 34.0. The van der Waals surface area contributed by atoms with Gasteiger partial charge in [0.2, 0.25) is 0 Å². The Morgan fingerprint density at radius 2 is 2.06 bits per heavy atom. The van der Waals surface area contributed by atoms with Crippen molar-refractivity contribution in [1.82, 2.24) is 4.90 Å². The molecule has 2 rings (SSSR count). The van der Waals surface area contributed by atoms with Crippen molar-refractivity contribution in [1.29, 1.82) is 0 Å². The van der Waals surface area contributed by atoms with Crippen LogP contribution in [0.5, 0.6) is 0 Å². The summed E-state index contributed by atoms with van der Waals surface area (Å²) < 4.78 is 5.43. The van der Waals surface area contributed by atoms with Gasteiger partial charge in [0, 0.05) is 6.04 Å². The van der Waals surface area contributed by atoms with Crippen molar-refractivity contribution in [3.8, 4) is 0 Å². The van der Waals surface area contributed by atoms with E-state index in [9.17, 15) is 4.79 Å². The number of amides is 1. The maximum Gasteiger partial charge on any atom is 0.412 e. The SMILES string of the molecule is CC(C)(C)OC(=O)N1C2CCCC1(N)CC2. The molecule has 92 valence electrons. The van der Waals surface area contributed by atoms with E-state index < -0.39 is 11.3 Å². The van der Waals surface area contributed by atoms with Crippen molar-refractivity contribution in [2.75, 3.05) is 0 Å². The molecule has 0 aromatic rings. The van der Waals surface area contributed by atoms with Gasteiger partial charge in [0.05, 0.1) is 5.66 Å². The number of hydrogen-bond acceptors (Lipinski definition) is 3. The standard InChI is InChI=1S/C12H22N2O2/c1-11(2,3)16-10(15)14-9-5-4-7-12(14,13)8-6-9/h9H,4-8,13H2,1-3H3. The molecule has 2 atom stereocenters. The molecule has 2 heterocycles. The summed E-state index contributed by atoms with van der Waals surface area (Å²) in [6, 6.07) is 0.300. The third-order valence-corrected chi connectivity index (χ3v) is 3.49. The summed E-state index contributed by atoms with van der Waals surface area (Å²) >= 11 is 0. The van der Waals surface area contributed by atoms with Crippen LogP contribution >= 0.6 is 0 Å². The molecule has 0 radical (unpaired) electrons. The number of piperidine rings is 1. The van der Waals surface area contributed by atoms with Crippen LogP contribution in [0, 0.1) is 0 Å². The lowest BCUT2D eigenvalue weighted by Crippen LogP contribution is -2.59. The molecule has 0 saturated carbocycles. The molecular weight excluding hydrogens is 204 g/mol. The smallest absolute Gasteiger partial charge is 0.412 e. The highest BCUT2D eigenvalue weighted by molar-refractivity contribution is 5.70. The molecule has 4 heteroatoms. The molecule has 2 saturated heterocycles. The van der Waals surface area contributed by atoms with Gasteiger partial charge in [-0.25, -0.2) is 4.79 Å². The minimum atomic E-state index is -0.440. The zero-order valence-electron chi connectivity index (χ0n) is 10.5. The quantitative estimate of drug-likeness (QED) is 0.689. The fraction of sp³-hybridized carbons (Fsp3) is 0.917. The molecule has 0 aromatic heterocycles. The minimum Gasteiger partial charge on any atom is -0.444 e. The second-order valence-electron chi connectivity index (χ2n) is 6.04. The molecule has 2 aliphatic heterocycles. The van der Waals surface area contributed by atoms with Gasteiger partial charge in [0.1, 0.15) is 5.60 Å². The average Bonchev–Trinajstić information content (AvgIpc) is 2.30. The highest BCUT2D eigenvalue weighted by Gasteiger charge is 2.49. The van der Waals surface area contributed by atoms with Crippen LogP contribution < -0.4 is 5.73 Å². The molecule has 0 spiro atoms. The summed E-state index contributed by atoms with van der Waals surface area (Å²) in [7, 11) is 0. The number of fused-ring (bicyclic) bond motifs is 2. The monoisotopic (exact) mass is 226 g/mol. The van der Waals surface area contributed by atoms with Crippen LogP contribution in [0.15, 0.2) is 0 Å².